The molecule has 0 aliphatic carbocycles. The summed E-state index contributed by atoms with van der Waals surface area (Å²) < 4.78 is 41.4. The molecule has 2 aliphatic rings. The number of rotatable bonds is 15. The summed E-state index contributed by atoms with van der Waals surface area (Å²) in [6.07, 6.45) is -0.741. The van der Waals surface area contributed by atoms with Crippen LogP contribution in [0.1, 0.15) is 56.9 Å². The summed E-state index contributed by atoms with van der Waals surface area (Å²) in [6, 6.07) is 16.5. The van der Waals surface area contributed by atoms with Crippen LogP contribution in [0.2, 0.25) is 0 Å². The van der Waals surface area contributed by atoms with Gasteiger partial charge in [0.15, 0.2) is 5.75 Å². The van der Waals surface area contributed by atoms with Gasteiger partial charge in [-0.1, -0.05) is 27.7 Å². The van der Waals surface area contributed by atoms with Gasteiger partial charge in [0.05, 0.1) is 42.4 Å². The Balaban J connectivity index is 1.09. The molecular formula is C39H36Br8O7. The van der Waals surface area contributed by atoms with Crippen molar-refractivity contribution < 1.29 is 33.5 Å². The lowest BCUT2D eigenvalue weighted by Crippen LogP contribution is -2.26. The maximum absolute atomic E-state index is 10.9. The van der Waals surface area contributed by atoms with Gasteiger partial charge >= 0.3 is 0 Å². The SMILES string of the molecule is CC1(Oc2c(Br)cc(C(C)(C)c3cc(Br)c(OCC(O)COc4c(Br)cc(C(C)(C)c5cc(Br)c(OCC6CO6)c(Br)c5)cc4Br)c(Br)c3)cc2Br)CO1. The highest BCUT2D eigenvalue weighted by Crippen LogP contribution is 2.47. The van der Waals surface area contributed by atoms with Crippen LogP contribution in [0.4, 0.5) is 0 Å². The van der Waals surface area contributed by atoms with Crippen molar-refractivity contribution in [1.82, 2.24) is 0 Å². The molecule has 2 saturated heterocycles. The van der Waals surface area contributed by atoms with E-state index in [2.05, 4.69) is 179 Å². The standard InChI is InChI=1S/C39H36Br8O7/c1-37(2,21-10-29(44)35(30(45)11-21)52-17-24-16-49-24)19-6-25(40)33(26(41)7-19)50-14-23(48)15-51-34-27(42)8-20(9-28(34)43)38(3,4)22-12-31(46)36(32(47)13-22)54-39(5)18-53-39/h6-13,23-24,48H,14-18H2,1-5H3. The summed E-state index contributed by atoms with van der Waals surface area (Å²) in [4.78, 5) is 0. The van der Waals surface area contributed by atoms with E-state index in [0.29, 0.717) is 30.5 Å². The third kappa shape index (κ3) is 9.97. The van der Waals surface area contributed by atoms with Crippen molar-refractivity contribution in [3.63, 3.8) is 0 Å². The fraction of sp³-hybridized carbons (Fsp3) is 0.385. The maximum atomic E-state index is 10.9. The predicted molar refractivity (Wildman–Crippen MR) is 239 cm³/mol. The molecule has 4 aromatic rings. The molecule has 1 N–H and O–H groups in total. The van der Waals surface area contributed by atoms with E-state index in [4.69, 9.17) is 28.4 Å². The lowest BCUT2D eigenvalue weighted by molar-refractivity contribution is 0.0615. The van der Waals surface area contributed by atoms with Crippen LogP contribution in [0.3, 0.4) is 0 Å². The van der Waals surface area contributed by atoms with Crippen molar-refractivity contribution in [2.45, 2.75) is 63.4 Å². The van der Waals surface area contributed by atoms with E-state index >= 15 is 0 Å². The van der Waals surface area contributed by atoms with E-state index in [1.807, 2.05) is 31.2 Å². The van der Waals surface area contributed by atoms with Crippen molar-refractivity contribution in [2.24, 2.45) is 0 Å². The number of ether oxygens (including phenoxy) is 6. The van der Waals surface area contributed by atoms with Gasteiger partial charge in [0, 0.05) is 17.8 Å². The first-order valence-corrected chi connectivity index (χ1v) is 23.1. The number of halogens is 8. The number of benzene rings is 4. The van der Waals surface area contributed by atoms with Crippen LogP contribution in [0.5, 0.6) is 23.0 Å². The van der Waals surface area contributed by atoms with Crippen molar-refractivity contribution in [1.29, 1.82) is 0 Å². The van der Waals surface area contributed by atoms with E-state index < -0.39 is 11.9 Å². The van der Waals surface area contributed by atoms with Crippen LogP contribution < -0.4 is 18.9 Å². The largest absolute Gasteiger partial charge is 0.488 e. The Morgan fingerprint density at radius 3 is 1.20 bits per heavy atom. The van der Waals surface area contributed by atoms with Crippen LogP contribution in [-0.2, 0) is 20.3 Å². The molecule has 3 unspecified atom stereocenters. The van der Waals surface area contributed by atoms with Crippen LogP contribution >= 0.6 is 127 Å². The highest BCUT2D eigenvalue weighted by Gasteiger charge is 2.43. The average Bonchev–Trinajstić information content (AvgIpc) is 4.03. The van der Waals surface area contributed by atoms with E-state index in [-0.39, 0.29) is 30.1 Å². The summed E-state index contributed by atoms with van der Waals surface area (Å²) in [6.45, 7) is 12.4. The summed E-state index contributed by atoms with van der Waals surface area (Å²) in [5, 5.41) is 10.9. The van der Waals surface area contributed by atoms with Crippen molar-refractivity contribution >= 4 is 127 Å². The fourth-order valence-corrected chi connectivity index (χ4v) is 11.2. The average molecular weight is 1260 g/mol. The Morgan fingerprint density at radius 2 is 0.907 bits per heavy atom. The van der Waals surface area contributed by atoms with Gasteiger partial charge in [0.25, 0.3) is 0 Å². The highest BCUT2D eigenvalue weighted by atomic mass is 79.9. The Labute approximate surface area is 382 Å². The molecule has 290 valence electrons. The number of hydrogen-bond acceptors (Lipinski definition) is 7. The lowest BCUT2D eigenvalue weighted by Gasteiger charge is -2.29. The second-order valence-electron chi connectivity index (χ2n) is 14.4. The van der Waals surface area contributed by atoms with Gasteiger partial charge < -0.3 is 33.5 Å². The fourth-order valence-electron chi connectivity index (χ4n) is 5.65. The minimum absolute atomic E-state index is 0.0153. The zero-order valence-corrected chi connectivity index (χ0v) is 42.4. The third-order valence-corrected chi connectivity index (χ3v) is 14.1. The molecule has 6 rings (SSSR count). The van der Waals surface area contributed by atoms with Crippen molar-refractivity contribution in [3.05, 3.63) is 107 Å². The van der Waals surface area contributed by atoms with Gasteiger partial charge in [0.2, 0.25) is 5.79 Å². The van der Waals surface area contributed by atoms with Crippen molar-refractivity contribution in [2.75, 3.05) is 33.0 Å². The molecule has 2 aliphatic heterocycles. The summed E-state index contributed by atoms with van der Waals surface area (Å²) in [7, 11) is 0. The van der Waals surface area contributed by atoms with Gasteiger partial charge in [-0.2, -0.15) is 0 Å². The molecule has 7 nitrogen and oxygen atoms in total. The highest BCUT2D eigenvalue weighted by molar-refractivity contribution is 9.12. The summed E-state index contributed by atoms with van der Waals surface area (Å²) in [5.74, 6) is 2.04. The number of aliphatic hydroxyl groups is 1. The first kappa shape index (κ1) is 43.4. The molecule has 15 heteroatoms. The Morgan fingerprint density at radius 1 is 0.611 bits per heavy atom. The number of aliphatic hydroxyl groups excluding tert-OH is 1. The summed E-state index contributed by atoms with van der Waals surface area (Å²) in [5.41, 5.74) is 3.51. The molecule has 0 bridgehead atoms. The minimum atomic E-state index is -0.907. The number of epoxide rings is 2. The molecule has 2 fully saturated rings. The quantitative estimate of drug-likeness (QED) is 0.119. The maximum Gasteiger partial charge on any atom is 0.231 e. The zero-order chi connectivity index (χ0) is 39.3. The van der Waals surface area contributed by atoms with Gasteiger partial charge in [-0.15, -0.1) is 0 Å². The minimum Gasteiger partial charge on any atom is -0.488 e. The molecule has 3 atom stereocenters. The van der Waals surface area contributed by atoms with Gasteiger partial charge in [-0.25, -0.2) is 0 Å². The van der Waals surface area contributed by atoms with Gasteiger partial charge in [0.1, 0.15) is 55.9 Å². The predicted octanol–water partition coefficient (Wildman–Crippen LogP) is 13.2. The molecule has 0 saturated carbocycles. The van der Waals surface area contributed by atoms with Gasteiger partial charge in [-0.05, 0) is 198 Å². The molecule has 4 aromatic carbocycles. The van der Waals surface area contributed by atoms with Crippen LogP contribution in [-0.4, -0.2) is 56.1 Å². The van der Waals surface area contributed by atoms with Crippen LogP contribution in [0.15, 0.2) is 84.3 Å². The Kier molecular flexibility index (Phi) is 13.8. The molecule has 2 heterocycles. The van der Waals surface area contributed by atoms with E-state index in [0.717, 1.165) is 70.4 Å². The molecule has 0 radical (unpaired) electrons. The molecule has 54 heavy (non-hydrogen) atoms. The smallest absolute Gasteiger partial charge is 0.231 e. The number of hydrogen-bond donors (Lipinski definition) is 1. The topological polar surface area (TPSA) is 82.2 Å². The van der Waals surface area contributed by atoms with Crippen LogP contribution in [0, 0.1) is 0 Å². The summed E-state index contributed by atoms with van der Waals surface area (Å²) >= 11 is 29.6. The Bertz CT molecular complexity index is 1970. The first-order chi connectivity index (χ1) is 25.3. The monoisotopic (exact) mass is 1250 g/mol. The van der Waals surface area contributed by atoms with E-state index in [1.54, 1.807) is 0 Å². The molecule has 0 amide bonds. The lowest BCUT2D eigenvalue weighted by atomic mass is 9.78. The zero-order valence-electron chi connectivity index (χ0n) is 29.7. The second-order valence-corrected chi connectivity index (χ2v) is 21.2. The Hall–Kier alpha value is -0.200. The molecule has 0 aromatic heterocycles. The van der Waals surface area contributed by atoms with E-state index in [9.17, 15) is 5.11 Å². The molecular weight excluding hydrogens is 1220 g/mol. The van der Waals surface area contributed by atoms with Crippen molar-refractivity contribution in [3.8, 4) is 23.0 Å². The van der Waals surface area contributed by atoms with Crippen LogP contribution in [0.25, 0.3) is 0 Å². The first-order valence-electron chi connectivity index (χ1n) is 16.8. The van der Waals surface area contributed by atoms with E-state index in [1.165, 1.54) is 0 Å². The third-order valence-electron chi connectivity index (χ3n) is 9.40. The molecule has 0 spiro atoms. The normalized spacial score (nSPS) is 18.7. The second kappa shape index (κ2) is 17.2. The van der Waals surface area contributed by atoms with Gasteiger partial charge in [-0.3, -0.25) is 0 Å².